The summed E-state index contributed by atoms with van der Waals surface area (Å²) in [5.41, 5.74) is 1.13. The zero-order chi connectivity index (χ0) is 11.9. The van der Waals surface area contributed by atoms with Gasteiger partial charge in [0.1, 0.15) is 0 Å². The highest BCUT2D eigenvalue weighted by Crippen LogP contribution is 2.34. The molecule has 0 spiro atoms. The third-order valence-electron chi connectivity index (χ3n) is 3.24. The first-order chi connectivity index (χ1) is 8.22. The number of amides is 1. The van der Waals surface area contributed by atoms with Gasteiger partial charge in [-0.3, -0.25) is 9.89 Å². The number of nitrogens with zero attached hydrogens (tertiary/aromatic N) is 1. The average Bonchev–Trinajstić information content (AvgIpc) is 2.96. The Bertz CT molecular complexity index is 572. The monoisotopic (exact) mass is 231 g/mol. The van der Waals surface area contributed by atoms with E-state index in [1.807, 2.05) is 6.07 Å². The van der Waals surface area contributed by atoms with Gasteiger partial charge in [-0.05, 0) is 31.0 Å². The van der Waals surface area contributed by atoms with E-state index >= 15 is 0 Å². The number of carbonyl (C=O) groups excluding carboxylic acids is 1. The van der Waals surface area contributed by atoms with E-state index in [1.165, 1.54) is 0 Å². The van der Waals surface area contributed by atoms with E-state index in [2.05, 4.69) is 15.5 Å². The highest BCUT2D eigenvalue weighted by molar-refractivity contribution is 5.98. The number of nitrogens with one attached hydrogen (secondary N) is 2. The Morgan fingerprint density at radius 3 is 3.06 bits per heavy atom. The lowest BCUT2D eigenvalue weighted by molar-refractivity contribution is 0.0907. The van der Waals surface area contributed by atoms with Crippen LogP contribution in [0.1, 0.15) is 23.2 Å². The van der Waals surface area contributed by atoms with Crippen molar-refractivity contribution < 1.29 is 9.90 Å². The highest BCUT2D eigenvalue weighted by Gasteiger charge is 2.43. The summed E-state index contributed by atoms with van der Waals surface area (Å²) < 4.78 is 0. The van der Waals surface area contributed by atoms with Crippen LogP contribution in [0.5, 0.6) is 0 Å². The third-order valence-corrected chi connectivity index (χ3v) is 3.24. The van der Waals surface area contributed by atoms with Gasteiger partial charge in [0, 0.05) is 10.9 Å². The Morgan fingerprint density at radius 2 is 2.35 bits per heavy atom. The van der Waals surface area contributed by atoms with Gasteiger partial charge in [-0.15, -0.1) is 0 Å². The second kappa shape index (κ2) is 3.56. The van der Waals surface area contributed by atoms with Crippen LogP contribution < -0.4 is 5.32 Å². The number of H-pyrrole nitrogens is 1. The van der Waals surface area contributed by atoms with Gasteiger partial charge in [0.15, 0.2) is 0 Å². The van der Waals surface area contributed by atoms with Crippen molar-refractivity contribution in [3.63, 3.8) is 0 Å². The number of aliphatic hydroxyl groups excluding tert-OH is 1. The van der Waals surface area contributed by atoms with Crippen molar-refractivity contribution in [1.29, 1.82) is 0 Å². The molecule has 0 radical (unpaired) electrons. The maximum Gasteiger partial charge on any atom is 0.251 e. The molecule has 0 bridgehead atoms. The molecule has 1 aliphatic rings. The summed E-state index contributed by atoms with van der Waals surface area (Å²) in [4.78, 5) is 12.0. The Kier molecular flexibility index (Phi) is 2.16. The molecule has 5 heteroatoms. The van der Waals surface area contributed by atoms with Crippen molar-refractivity contribution >= 4 is 16.8 Å². The van der Waals surface area contributed by atoms with E-state index in [0.717, 1.165) is 23.7 Å². The summed E-state index contributed by atoms with van der Waals surface area (Å²) in [7, 11) is 0. The molecule has 2 aromatic rings. The molecule has 0 atom stereocenters. The standard InChI is InChI=1S/C12H13N3O2/c16-7-12(3-4-12)14-11(17)8-1-2-10-9(5-8)6-13-15-10/h1-2,5-6,16H,3-4,7H2,(H,13,15)(H,14,17). The van der Waals surface area contributed by atoms with Crippen LogP contribution in [0.15, 0.2) is 24.4 Å². The van der Waals surface area contributed by atoms with Crippen LogP contribution in [0.25, 0.3) is 10.9 Å². The fraction of sp³-hybridized carbons (Fsp3) is 0.333. The summed E-state index contributed by atoms with van der Waals surface area (Å²) in [6.07, 6.45) is 3.39. The third kappa shape index (κ3) is 1.78. The lowest BCUT2D eigenvalue weighted by atomic mass is 10.1. The number of rotatable bonds is 3. The molecule has 1 aliphatic carbocycles. The molecule has 1 amide bonds. The normalized spacial score (nSPS) is 17.0. The van der Waals surface area contributed by atoms with Gasteiger partial charge in [-0.2, -0.15) is 5.10 Å². The van der Waals surface area contributed by atoms with Crippen molar-refractivity contribution in [2.75, 3.05) is 6.61 Å². The van der Waals surface area contributed by atoms with Crippen molar-refractivity contribution in [3.05, 3.63) is 30.0 Å². The van der Waals surface area contributed by atoms with Gasteiger partial charge in [0.2, 0.25) is 0 Å². The van der Waals surface area contributed by atoms with Crippen LogP contribution in [0, 0.1) is 0 Å². The van der Waals surface area contributed by atoms with Crippen molar-refractivity contribution in [2.24, 2.45) is 0 Å². The smallest absolute Gasteiger partial charge is 0.251 e. The van der Waals surface area contributed by atoms with Crippen LogP contribution in [-0.4, -0.2) is 33.4 Å². The van der Waals surface area contributed by atoms with E-state index in [9.17, 15) is 4.79 Å². The maximum atomic E-state index is 12.0. The molecule has 0 aliphatic heterocycles. The van der Waals surface area contributed by atoms with Crippen LogP contribution in [0.4, 0.5) is 0 Å². The van der Waals surface area contributed by atoms with Crippen LogP contribution in [0.3, 0.4) is 0 Å². The summed E-state index contributed by atoms with van der Waals surface area (Å²) in [5, 5.41) is 19.7. The first-order valence-corrected chi connectivity index (χ1v) is 5.59. The quantitative estimate of drug-likeness (QED) is 0.731. The zero-order valence-corrected chi connectivity index (χ0v) is 9.23. The minimum absolute atomic E-state index is 0.00664. The molecular formula is C12H13N3O2. The van der Waals surface area contributed by atoms with Gasteiger partial charge in [-0.1, -0.05) is 0 Å². The number of benzene rings is 1. The Hall–Kier alpha value is -1.88. The van der Waals surface area contributed by atoms with Gasteiger partial charge >= 0.3 is 0 Å². The Morgan fingerprint density at radius 1 is 1.53 bits per heavy atom. The van der Waals surface area contributed by atoms with E-state index in [0.29, 0.717) is 5.56 Å². The molecule has 17 heavy (non-hydrogen) atoms. The summed E-state index contributed by atoms with van der Waals surface area (Å²) in [5.74, 6) is -0.139. The van der Waals surface area contributed by atoms with Gasteiger partial charge in [0.05, 0.1) is 23.9 Å². The number of aliphatic hydroxyl groups is 1. The molecule has 1 aromatic carbocycles. The lowest BCUT2D eigenvalue weighted by Gasteiger charge is -2.14. The van der Waals surface area contributed by atoms with E-state index < -0.39 is 0 Å². The van der Waals surface area contributed by atoms with E-state index in [-0.39, 0.29) is 18.1 Å². The number of aromatic amines is 1. The van der Waals surface area contributed by atoms with Crippen molar-refractivity contribution in [3.8, 4) is 0 Å². The fourth-order valence-electron chi connectivity index (χ4n) is 1.87. The topological polar surface area (TPSA) is 78.0 Å². The largest absolute Gasteiger partial charge is 0.394 e. The van der Waals surface area contributed by atoms with Crippen molar-refractivity contribution in [2.45, 2.75) is 18.4 Å². The zero-order valence-electron chi connectivity index (χ0n) is 9.23. The number of fused-ring (bicyclic) bond motifs is 1. The first-order valence-electron chi connectivity index (χ1n) is 5.59. The Balaban J connectivity index is 1.85. The van der Waals surface area contributed by atoms with Gasteiger partial charge in [-0.25, -0.2) is 0 Å². The molecule has 1 heterocycles. The van der Waals surface area contributed by atoms with E-state index in [4.69, 9.17) is 5.11 Å². The fourth-order valence-corrected chi connectivity index (χ4v) is 1.87. The van der Waals surface area contributed by atoms with Crippen LogP contribution in [-0.2, 0) is 0 Å². The highest BCUT2D eigenvalue weighted by atomic mass is 16.3. The number of hydrogen-bond acceptors (Lipinski definition) is 3. The van der Waals surface area contributed by atoms with E-state index in [1.54, 1.807) is 18.3 Å². The molecule has 5 nitrogen and oxygen atoms in total. The molecule has 1 fully saturated rings. The predicted molar refractivity (Wildman–Crippen MR) is 62.6 cm³/mol. The molecule has 0 saturated heterocycles. The predicted octanol–water partition coefficient (Wildman–Crippen LogP) is 0.818. The SMILES string of the molecule is O=C(NC1(CO)CC1)c1ccc2[nH]ncc2c1. The van der Waals surface area contributed by atoms with Gasteiger partial charge < -0.3 is 10.4 Å². The second-order valence-electron chi connectivity index (χ2n) is 4.56. The first kappa shape index (κ1) is 10.3. The summed E-state index contributed by atoms with van der Waals surface area (Å²) in [6, 6.07) is 5.38. The van der Waals surface area contributed by atoms with Crippen LogP contribution in [0.2, 0.25) is 0 Å². The van der Waals surface area contributed by atoms with Gasteiger partial charge in [0.25, 0.3) is 5.91 Å². The lowest BCUT2D eigenvalue weighted by Crippen LogP contribution is -2.39. The number of carbonyl (C=O) groups is 1. The molecule has 0 unspecified atom stereocenters. The summed E-state index contributed by atoms with van der Waals surface area (Å²) >= 11 is 0. The average molecular weight is 231 g/mol. The molecular weight excluding hydrogens is 218 g/mol. The molecule has 88 valence electrons. The Labute approximate surface area is 97.8 Å². The molecule has 1 saturated carbocycles. The van der Waals surface area contributed by atoms with Crippen LogP contribution >= 0.6 is 0 Å². The second-order valence-corrected chi connectivity index (χ2v) is 4.56. The minimum atomic E-state index is -0.373. The molecule has 3 N–H and O–H groups in total. The number of aromatic nitrogens is 2. The van der Waals surface area contributed by atoms with Crippen molar-refractivity contribution in [1.82, 2.24) is 15.5 Å². The summed E-state index contributed by atoms with van der Waals surface area (Å²) in [6.45, 7) is 0.00664. The minimum Gasteiger partial charge on any atom is -0.394 e. The molecule has 1 aromatic heterocycles. The number of hydrogen-bond donors (Lipinski definition) is 3. The maximum absolute atomic E-state index is 12.0. The molecule has 3 rings (SSSR count).